The minimum atomic E-state index is -1.69. The number of benzene rings is 1. The summed E-state index contributed by atoms with van der Waals surface area (Å²) in [6, 6.07) is 2.60. The highest BCUT2D eigenvalue weighted by molar-refractivity contribution is 6.02. The van der Waals surface area contributed by atoms with E-state index < -0.39 is 45.5 Å². The van der Waals surface area contributed by atoms with Gasteiger partial charge < -0.3 is 9.47 Å². The molecule has 25 heavy (non-hydrogen) atoms. The molecule has 1 aromatic carbocycles. The lowest BCUT2D eigenvalue weighted by Gasteiger charge is -2.26. The zero-order valence-electron chi connectivity index (χ0n) is 15.1. The van der Waals surface area contributed by atoms with E-state index in [1.165, 1.54) is 0 Å². The number of carbonyl (C=O) groups is 2. The molecule has 0 heterocycles. The molecule has 8 heteroatoms. The summed E-state index contributed by atoms with van der Waals surface area (Å²) in [5.74, 6) is -4.56. The molecule has 0 saturated heterocycles. The molecular formula is C17H22FNO6. The average molecular weight is 355 g/mol. The summed E-state index contributed by atoms with van der Waals surface area (Å²) >= 11 is 0. The summed E-state index contributed by atoms with van der Waals surface area (Å²) in [6.07, 6.45) is 0. The van der Waals surface area contributed by atoms with Crippen molar-refractivity contribution in [2.75, 3.05) is 0 Å². The first-order chi connectivity index (χ1) is 11.2. The molecular weight excluding hydrogens is 333 g/mol. The first-order valence-electron chi connectivity index (χ1n) is 7.61. The van der Waals surface area contributed by atoms with Crippen LogP contribution in [0.4, 0.5) is 10.1 Å². The van der Waals surface area contributed by atoms with Crippen LogP contribution in [0.3, 0.4) is 0 Å². The van der Waals surface area contributed by atoms with Crippen LogP contribution in [-0.4, -0.2) is 28.1 Å². The Balaban J connectivity index is 3.44. The van der Waals surface area contributed by atoms with Crippen LogP contribution in [0.1, 0.15) is 53.0 Å². The van der Waals surface area contributed by atoms with Gasteiger partial charge in [-0.2, -0.15) is 0 Å². The minimum Gasteiger partial charge on any atom is -0.459 e. The van der Waals surface area contributed by atoms with Gasteiger partial charge in [-0.3, -0.25) is 19.7 Å². The molecule has 0 bridgehead atoms. The zero-order chi connectivity index (χ0) is 19.6. The molecule has 0 fully saturated rings. The standard InChI is InChI=1S/C17H22FNO6/c1-16(2,3)24-14(20)13(15(21)25-17(4,5)6)11-8-7-10(18)9-12(11)19(22)23/h7-9,13H,1-6H3. The van der Waals surface area contributed by atoms with Crippen LogP contribution in [0.2, 0.25) is 0 Å². The Hall–Kier alpha value is -2.51. The van der Waals surface area contributed by atoms with E-state index >= 15 is 0 Å². The fourth-order valence-electron chi connectivity index (χ4n) is 1.99. The SMILES string of the molecule is CC(C)(C)OC(=O)C(C(=O)OC(C)(C)C)c1ccc(F)cc1[N+](=O)[O-]. The maximum atomic E-state index is 13.4. The Morgan fingerprint density at radius 3 is 1.84 bits per heavy atom. The fourth-order valence-corrected chi connectivity index (χ4v) is 1.99. The summed E-state index contributed by atoms with van der Waals surface area (Å²) < 4.78 is 23.8. The Bertz CT molecular complexity index is 659. The maximum absolute atomic E-state index is 13.4. The van der Waals surface area contributed by atoms with Crippen molar-refractivity contribution in [3.05, 3.63) is 39.7 Å². The summed E-state index contributed by atoms with van der Waals surface area (Å²) in [5, 5.41) is 11.2. The number of nitrogens with zero attached hydrogens (tertiary/aromatic N) is 1. The van der Waals surface area contributed by atoms with E-state index in [0.29, 0.717) is 6.07 Å². The van der Waals surface area contributed by atoms with E-state index in [1.54, 1.807) is 41.5 Å². The van der Waals surface area contributed by atoms with Crippen LogP contribution < -0.4 is 0 Å². The van der Waals surface area contributed by atoms with Crippen molar-refractivity contribution in [3.63, 3.8) is 0 Å². The lowest BCUT2D eigenvalue weighted by molar-refractivity contribution is -0.385. The van der Waals surface area contributed by atoms with Crippen molar-refractivity contribution < 1.29 is 28.4 Å². The van der Waals surface area contributed by atoms with Crippen molar-refractivity contribution in [3.8, 4) is 0 Å². The first kappa shape index (κ1) is 20.5. The predicted octanol–water partition coefficient (Wildman–Crippen LogP) is 3.50. The van der Waals surface area contributed by atoms with E-state index in [2.05, 4.69) is 0 Å². The van der Waals surface area contributed by atoms with E-state index in [4.69, 9.17) is 9.47 Å². The lowest BCUT2D eigenvalue weighted by atomic mass is 9.96. The van der Waals surface area contributed by atoms with Gasteiger partial charge in [-0.05, 0) is 53.7 Å². The van der Waals surface area contributed by atoms with Crippen LogP contribution in [0.5, 0.6) is 0 Å². The molecule has 0 aromatic heterocycles. The van der Waals surface area contributed by atoms with Crippen molar-refractivity contribution in [2.45, 2.75) is 58.7 Å². The molecule has 7 nitrogen and oxygen atoms in total. The third-order valence-corrected chi connectivity index (χ3v) is 2.79. The molecule has 0 spiro atoms. The van der Waals surface area contributed by atoms with Crippen LogP contribution in [0, 0.1) is 15.9 Å². The molecule has 0 saturated carbocycles. The number of halogens is 1. The Morgan fingerprint density at radius 2 is 1.48 bits per heavy atom. The van der Waals surface area contributed by atoms with Gasteiger partial charge in [-0.25, -0.2) is 4.39 Å². The number of nitro groups is 1. The number of rotatable bonds is 4. The highest BCUT2D eigenvalue weighted by Crippen LogP contribution is 2.31. The van der Waals surface area contributed by atoms with Crippen LogP contribution >= 0.6 is 0 Å². The van der Waals surface area contributed by atoms with Gasteiger partial charge in [0, 0.05) is 0 Å². The van der Waals surface area contributed by atoms with E-state index in [9.17, 15) is 24.1 Å². The summed E-state index contributed by atoms with van der Waals surface area (Å²) in [5.41, 5.74) is -2.82. The quantitative estimate of drug-likeness (QED) is 0.355. The molecule has 138 valence electrons. The summed E-state index contributed by atoms with van der Waals surface area (Å²) in [4.78, 5) is 35.4. The second kappa shape index (κ2) is 7.16. The van der Waals surface area contributed by atoms with Gasteiger partial charge in [0.05, 0.1) is 16.6 Å². The van der Waals surface area contributed by atoms with Gasteiger partial charge in [-0.1, -0.05) is 0 Å². The third kappa shape index (κ3) is 6.13. The molecule has 0 unspecified atom stereocenters. The summed E-state index contributed by atoms with van der Waals surface area (Å²) in [7, 11) is 0. The Morgan fingerprint density at radius 1 is 1.04 bits per heavy atom. The normalized spacial score (nSPS) is 12.0. The maximum Gasteiger partial charge on any atom is 0.325 e. The zero-order valence-corrected chi connectivity index (χ0v) is 15.1. The lowest BCUT2D eigenvalue weighted by Crippen LogP contribution is -2.35. The number of esters is 2. The van der Waals surface area contributed by atoms with E-state index in [-0.39, 0.29) is 5.56 Å². The third-order valence-electron chi connectivity index (χ3n) is 2.79. The molecule has 0 radical (unpaired) electrons. The highest BCUT2D eigenvalue weighted by Gasteiger charge is 2.40. The van der Waals surface area contributed by atoms with Crippen LogP contribution in [0.25, 0.3) is 0 Å². The molecule has 1 aromatic rings. The van der Waals surface area contributed by atoms with Gasteiger partial charge in [0.1, 0.15) is 17.0 Å². The second-order valence-electron chi connectivity index (χ2n) is 7.46. The van der Waals surface area contributed by atoms with Crippen molar-refractivity contribution in [1.82, 2.24) is 0 Å². The van der Waals surface area contributed by atoms with Crippen LogP contribution in [0.15, 0.2) is 18.2 Å². The topological polar surface area (TPSA) is 95.7 Å². The largest absolute Gasteiger partial charge is 0.459 e. The number of nitro benzene ring substituents is 1. The monoisotopic (exact) mass is 355 g/mol. The van der Waals surface area contributed by atoms with E-state index in [1.807, 2.05) is 0 Å². The van der Waals surface area contributed by atoms with Gasteiger partial charge in [-0.15, -0.1) is 0 Å². The molecule has 0 aliphatic carbocycles. The average Bonchev–Trinajstić information content (AvgIpc) is 2.36. The molecule has 0 N–H and O–H groups in total. The number of hydrogen-bond donors (Lipinski definition) is 0. The van der Waals surface area contributed by atoms with Crippen molar-refractivity contribution >= 4 is 17.6 Å². The number of carbonyl (C=O) groups excluding carboxylic acids is 2. The summed E-state index contributed by atoms with van der Waals surface area (Å²) in [6.45, 7) is 9.56. The molecule has 0 aliphatic rings. The van der Waals surface area contributed by atoms with Gasteiger partial charge >= 0.3 is 11.9 Å². The second-order valence-corrected chi connectivity index (χ2v) is 7.46. The van der Waals surface area contributed by atoms with Gasteiger partial charge in [0.2, 0.25) is 0 Å². The first-order valence-corrected chi connectivity index (χ1v) is 7.61. The number of hydrogen-bond acceptors (Lipinski definition) is 6. The molecule has 0 amide bonds. The fraction of sp³-hybridized carbons (Fsp3) is 0.529. The predicted molar refractivity (Wildman–Crippen MR) is 87.5 cm³/mol. The Kier molecular flexibility index (Phi) is 5.88. The molecule has 0 atom stereocenters. The Labute approximate surface area is 145 Å². The molecule has 0 aliphatic heterocycles. The molecule has 1 rings (SSSR count). The minimum absolute atomic E-state index is 0.282. The number of ether oxygens (including phenoxy) is 2. The van der Waals surface area contributed by atoms with Gasteiger partial charge in [0.25, 0.3) is 5.69 Å². The highest BCUT2D eigenvalue weighted by atomic mass is 19.1. The smallest absolute Gasteiger partial charge is 0.325 e. The van der Waals surface area contributed by atoms with Crippen molar-refractivity contribution in [2.24, 2.45) is 0 Å². The van der Waals surface area contributed by atoms with E-state index in [0.717, 1.165) is 12.1 Å². The van der Waals surface area contributed by atoms with Gasteiger partial charge in [0.15, 0.2) is 5.92 Å². The van der Waals surface area contributed by atoms with Crippen LogP contribution in [-0.2, 0) is 19.1 Å². The van der Waals surface area contributed by atoms with Crippen molar-refractivity contribution in [1.29, 1.82) is 0 Å².